The molecule has 1 saturated carbocycles. The van der Waals surface area contributed by atoms with Crippen LogP contribution in [0.4, 0.5) is 4.79 Å². The van der Waals surface area contributed by atoms with Crippen LogP contribution in [-0.2, 0) is 16.7 Å². The van der Waals surface area contributed by atoms with Crippen molar-refractivity contribution in [2.45, 2.75) is 57.6 Å². The Labute approximate surface area is 252 Å². The number of hydrogen-bond donors (Lipinski definition) is 1. The Hall–Kier alpha value is -4.78. The van der Waals surface area contributed by atoms with Gasteiger partial charge in [-0.1, -0.05) is 60.7 Å². The molecule has 0 spiro atoms. The van der Waals surface area contributed by atoms with Gasteiger partial charge in [0.05, 0.1) is 29.1 Å². The van der Waals surface area contributed by atoms with E-state index in [1.54, 1.807) is 0 Å². The second kappa shape index (κ2) is 11.8. The second-order valence-electron chi connectivity index (χ2n) is 12.1. The largest absolute Gasteiger partial charge is 0.491 e. The highest BCUT2D eigenvalue weighted by molar-refractivity contribution is 5.89. The number of rotatable bonds is 8. The molecule has 0 saturated heterocycles. The SMILES string of the molecule is CC(C)(C)OC(=O)NC1(c2ccc(-c3nc4cccc(OCCc5cc[nH+]cc5)c4nc3-c3ccccc3)cc2)CCC1. The molecule has 1 fully saturated rings. The number of nitrogens with one attached hydrogen (secondary N) is 2. The number of amides is 1. The molecule has 43 heavy (non-hydrogen) atoms. The normalized spacial score (nSPS) is 14.1. The summed E-state index contributed by atoms with van der Waals surface area (Å²) in [4.78, 5) is 26.0. The highest BCUT2D eigenvalue weighted by Gasteiger charge is 2.41. The molecule has 6 rings (SSSR count). The molecule has 5 aromatic rings. The van der Waals surface area contributed by atoms with E-state index in [9.17, 15) is 4.79 Å². The van der Waals surface area contributed by atoms with Crippen molar-refractivity contribution in [2.24, 2.45) is 0 Å². The lowest BCUT2D eigenvalue weighted by Crippen LogP contribution is -2.52. The first-order valence-electron chi connectivity index (χ1n) is 14.9. The number of carbonyl (C=O) groups excluding carboxylic acids is 1. The van der Waals surface area contributed by atoms with Crippen LogP contribution in [0.15, 0.2) is 97.3 Å². The van der Waals surface area contributed by atoms with Gasteiger partial charge in [0, 0.05) is 29.7 Å². The van der Waals surface area contributed by atoms with Gasteiger partial charge in [-0.15, -0.1) is 0 Å². The highest BCUT2D eigenvalue weighted by atomic mass is 16.6. The number of H-pyrrole nitrogens is 1. The van der Waals surface area contributed by atoms with Crippen LogP contribution >= 0.6 is 0 Å². The van der Waals surface area contributed by atoms with Crippen molar-refractivity contribution >= 4 is 17.1 Å². The number of ether oxygens (including phenoxy) is 2. The van der Waals surface area contributed by atoms with Gasteiger partial charge in [0.25, 0.3) is 0 Å². The molecule has 218 valence electrons. The van der Waals surface area contributed by atoms with Gasteiger partial charge in [-0.2, -0.15) is 0 Å². The number of hydrogen-bond acceptors (Lipinski definition) is 5. The summed E-state index contributed by atoms with van der Waals surface area (Å²) in [7, 11) is 0. The maximum atomic E-state index is 12.7. The van der Waals surface area contributed by atoms with Crippen LogP contribution in [0, 0.1) is 0 Å². The van der Waals surface area contributed by atoms with Gasteiger partial charge in [0.15, 0.2) is 12.4 Å². The number of nitrogens with zero attached hydrogens (tertiary/aromatic N) is 2. The number of benzene rings is 3. The van der Waals surface area contributed by atoms with Crippen LogP contribution in [0.3, 0.4) is 0 Å². The number of fused-ring (bicyclic) bond motifs is 1. The maximum absolute atomic E-state index is 12.7. The molecule has 1 aliphatic carbocycles. The van der Waals surface area contributed by atoms with Crippen LogP contribution in [-0.4, -0.2) is 28.3 Å². The van der Waals surface area contributed by atoms with Crippen molar-refractivity contribution in [1.29, 1.82) is 0 Å². The lowest BCUT2D eigenvalue weighted by atomic mass is 9.71. The molecule has 0 atom stereocenters. The number of pyridine rings is 1. The summed E-state index contributed by atoms with van der Waals surface area (Å²) >= 11 is 0. The zero-order chi connectivity index (χ0) is 29.9. The molecule has 1 amide bonds. The topological polar surface area (TPSA) is 87.5 Å². The van der Waals surface area contributed by atoms with Gasteiger partial charge < -0.3 is 14.8 Å². The van der Waals surface area contributed by atoms with Crippen LogP contribution in [0.2, 0.25) is 0 Å². The van der Waals surface area contributed by atoms with E-state index in [2.05, 4.69) is 58.8 Å². The van der Waals surface area contributed by atoms with Crippen molar-refractivity contribution in [2.75, 3.05) is 6.61 Å². The molecule has 0 radical (unpaired) electrons. The summed E-state index contributed by atoms with van der Waals surface area (Å²) in [5, 5.41) is 3.15. The highest BCUT2D eigenvalue weighted by Crippen LogP contribution is 2.42. The Balaban J connectivity index is 1.32. The van der Waals surface area contributed by atoms with Gasteiger partial charge >= 0.3 is 6.09 Å². The quantitative estimate of drug-likeness (QED) is 0.210. The summed E-state index contributed by atoms with van der Waals surface area (Å²) < 4.78 is 11.8. The van der Waals surface area contributed by atoms with Crippen LogP contribution in [0.5, 0.6) is 5.75 Å². The van der Waals surface area contributed by atoms with Gasteiger partial charge in [0.2, 0.25) is 0 Å². The fourth-order valence-corrected chi connectivity index (χ4v) is 5.50. The Morgan fingerprint density at radius 3 is 2.23 bits per heavy atom. The zero-order valence-corrected chi connectivity index (χ0v) is 24.9. The Morgan fingerprint density at radius 2 is 1.56 bits per heavy atom. The fraction of sp³-hybridized carbons (Fsp3) is 0.278. The van der Waals surface area contributed by atoms with E-state index in [0.29, 0.717) is 12.4 Å². The lowest BCUT2D eigenvalue weighted by Gasteiger charge is -2.43. The van der Waals surface area contributed by atoms with Crippen LogP contribution < -0.4 is 15.0 Å². The zero-order valence-electron chi connectivity index (χ0n) is 24.9. The number of carbonyl (C=O) groups is 1. The average Bonchev–Trinajstić information content (AvgIpc) is 2.99. The van der Waals surface area contributed by atoms with Gasteiger partial charge in [-0.05, 0) is 63.3 Å². The third-order valence-electron chi connectivity index (χ3n) is 7.80. The molecule has 0 unspecified atom stereocenters. The van der Waals surface area contributed by atoms with Crippen molar-refractivity contribution in [3.63, 3.8) is 0 Å². The first-order chi connectivity index (χ1) is 20.8. The van der Waals surface area contributed by atoms with Crippen molar-refractivity contribution in [1.82, 2.24) is 15.3 Å². The van der Waals surface area contributed by atoms with Gasteiger partial charge in [-0.25, -0.2) is 19.7 Å². The molecule has 7 nitrogen and oxygen atoms in total. The minimum atomic E-state index is -0.548. The predicted molar refractivity (Wildman–Crippen MR) is 168 cm³/mol. The molecule has 1 aliphatic rings. The first-order valence-corrected chi connectivity index (χ1v) is 14.9. The van der Waals surface area contributed by atoms with Crippen molar-refractivity contribution < 1.29 is 19.3 Å². The summed E-state index contributed by atoms with van der Waals surface area (Å²) in [5.74, 6) is 0.715. The minimum Gasteiger partial charge on any atom is -0.491 e. The average molecular weight is 574 g/mol. The number of aromatic nitrogens is 3. The first kappa shape index (κ1) is 28.3. The predicted octanol–water partition coefficient (Wildman–Crippen LogP) is 7.30. The van der Waals surface area contributed by atoms with Crippen molar-refractivity contribution in [3.8, 4) is 28.3 Å². The van der Waals surface area contributed by atoms with Gasteiger partial charge in [-0.3, -0.25) is 0 Å². The van der Waals surface area contributed by atoms with Crippen LogP contribution in [0.25, 0.3) is 33.5 Å². The van der Waals surface area contributed by atoms with E-state index in [1.807, 2.05) is 69.6 Å². The molecule has 2 N–H and O–H groups in total. The molecule has 0 bridgehead atoms. The molecule has 3 aromatic carbocycles. The van der Waals surface area contributed by atoms with E-state index in [1.165, 1.54) is 5.56 Å². The molecule has 2 aromatic heterocycles. The van der Waals surface area contributed by atoms with Gasteiger partial charge in [0.1, 0.15) is 16.9 Å². The fourth-order valence-electron chi connectivity index (χ4n) is 5.50. The number of para-hydroxylation sites is 1. The molecular formula is C36H37N4O3+. The summed E-state index contributed by atoms with van der Waals surface area (Å²) in [6.45, 7) is 6.17. The minimum absolute atomic E-state index is 0.386. The van der Waals surface area contributed by atoms with E-state index < -0.39 is 11.1 Å². The summed E-state index contributed by atoms with van der Waals surface area (Å²) in [5.41, 5.74) is 6.33. The lowest BCUT2D eigenvalue weighted by molar-refractivity contribution is -0.378. The second-order valence-corrected chi connectivity index (χ2v) is 12.1. The Bertz CT molecular complexity index is 1710. The molecular weight excluding hydrogens is 536 g/mol. The Kier molecular flexibility index (Phi) is 7.80. The summed E-state index contributed by atoms with van der Waals surface area (Å²) in [6.07, 6.45) is 7.05. The molecule has 2 heterocycles. The maximum Gasteiger partial charge on any atom is 0.408 e. The van der Waals surface area contributed by atoms with E-state index in [0.717, 1.165) is 64.8 Å². The molecule has 0 aliphatic heterocycles. The van der Waals surface area contributed by atoms with E-state index in [4.69, 9.17) is 19.4 Å². The standard InChI is InChI=1S/C36H36N4O3/c1-35(2,3)43-34(41)40-36(20-8-21-36)28-15-13-27(14-16-28)31-32(26-9-5-4-6-10-26)39-33-29(38-31)11-7-12-30(33)42-24-19-25-17-22-37-23-18-25/h4-7,9-18,22-23H,8,19-21,24H2,1-3H3,(H,40,41)/p+1. The monoisotopic (exact) mass is 573 g/mol. The Morgan fingerprint density at radius 1 is 0.860 bits per heavy atom. The third-order valence-corrected chi connectivity index (χ3v) is 7.80. The smallest absolute Gasteiger partial charge is 0.408 e. The van der Waals surface area contributed by atoms with E-state index >= 15 is 0 Å². The van der Waals surface area contributed by atoms with E-state index in [-0.39, 0.29) is 6.09 Å². The number of aromatic amines is 1. The number of alkyl carbamates (subject to hydrolysis) is 1. The molecule has 7 heteroatoms. The van der Waals surface area contributed by atoms with Crippen LogP contribution in [0.1, 0.15) is 51.2 Å². The summed E-state index contributed by atoms with van der Waals surface area (Å²) in [6, 6.07) is 28.5. The third kappa shape index (κ3) is 6.36. The van der Waals surface area contributed by atoms with Crippen molar-refractivity contribution in [3.05, 3.63) is 108 Å².